The molecule has 0 saturated carbocycles. The van der Waals surface area contributed by atoms with E-state index in [1.54, 1.807) is 25.2 Å². The van der Waals surface area contributed by atoms with Gasteiger partial charge < -0.3 is 14.5 Å². The predicted octanol–water partition coefficient (Wildman–Crippen LogP) is 3.01. The van der Waals surface area contributed by atoms with Crippen LogP contribution in [0.15, 0.2) is 28.7 Å². The van der Waals surface area contributed by atoms with E-state index in [0.29, 0.717) is 11.5 Å². The second-order valence-electron chi connectivity index (χ2n) is 4.07. The van der Waals surface area contributed by atoms with Crippen molar-refractivity contribution in [3.8, 4) is 17.2 Å². The van der Waals surface area contributed by atoms with Crippen LogP contribution in [0.1, 0.15) is 25.3 Å². The number of hydrogen-bond acceptors (Lipinski definition) is 5. The van der Waals surface area contributed by atoms with Gasteiger partial charge in [0.05, 0.1) is 11.6 Å². The zero-order valence-corrected chi connectivity index (χ0v) is 11.1. The van der Waals surface area contributed by atoms with Crippen molar-refractivity contribution in [2.24, 2.45) is 0 Å². The van der Waals surface area contributed by atoms with Gasteiger partial charge in [-0.1, -0.05) is 19.1 Å². The number of halogens is 2. The van der Waals surface area contributed by atoms with Crippen LogP contribution in [0.25, 0.3) is 11.5 Å². The Hall–Kier alpha value is -2.02. The average Bonchev–Trinajstić information content (AvgIpc) is 2.89. The Kier molecular flexibility index (Phi) is 4.62. The lowest BCUT2D eigenvalue weighted by Crippen LogP contribution is -2.15. The molecular weight excluding hydrogens is 268 g/mol. The number of para-hydroxylation sites is 1. The fourth-order valence-corrected chi connectivity index (χ4v) is 1.83. The summed E-state index contributed by atoms with van der Waals surface area (Å²) in [7, 11) is 1.78. The molecule has 0 bridgehead atoms. The third kappa shape index (κ3) is 3.11. The van der Waals surface area contributed by atoms with Crippen molar-refractivity contribution < 1.29 is 17.9 Å². The molecule has 1 aromatic heterocycles. The minimum absolute atomic E-state index is 0.00945. The van der Waals surface area contributed by atoms with Crippen molar-refractivity contribution in [3.63, 3.8) is 0 Å². The third-order valence-corrected chi connectivity index (χ3v) is 2.83. The van der Waals surface area contributed by atoms with E-state index in [0.717, 1.165) is 6.42 Å². The molecule has 0 saturated heterocycles. The molecule has 1 heterocycles. The Bertz CT molecular complexity index is 556. The van der Waals surface area contributed by atoms with Crippen LogP contribution in [0.3, 0.4) is 0 Å². The summed E-state index contributed by atoms with van der Waals surface area (Å²) in [5.74, 6) is 0.581. The van der Waals surface area contributed by atoms with Gasteiger partial charge in [-0.2, -0.15) is 8.78 Å². The van der Waals surface area contributed by atoms with Crippen LogP contribution >= 0.6 is 0 Å². The molecular formula is C13H15F2N3O2. The molecule has 1 N–H and O–H groups in total. The van der Waals surface area contributed by atoms with Crippen LogP contribution in [-0.4, -0.2) is 23.9 Å². The molecule has 2 rings (SSSR count). The first kappa shape index (κ1) is 14.4. The highest BCUT2D eigenvalue weighted by Gasteiger charge is 2.19. The van der Waals surface area contributed by atoms with Crippen molar-refractivity contribution in [1.82, 2.24) is 15.5 Å². The maximum absolute atomic E-state index is 12.4. The second-order valence-corrected chi connectivity index (χ2v) is 4.07. The zero-order chi connectivity index (χ0) is 14.5. The Labute approximate surface area is 115 Å². The van der Waals surface area contributed by atoms with Gasteiger partial charge in [-0.3, -0.25) is 0 Å². The van der Waals surface area contributed by atoms with Crippen molar-refractivity contribution in [3.05, 3.63) is 30.2 Å². The van der Waals surface area contributed by atoms with E-state index in [2.05, 4.69) is 20.3 Å². The van der Waals surface area contributed by atoms with Gasteiger partial charge in [-0.15, -0.1) is 10.2 Å². The molecule has 0 fully saturated rings. The number of aromatic nitrogens is 2. The SMILES string of the molecule is CCC(NC)c1nnc(-c2ccccc2OC(F)F)o1. The van der Waals surface area contributed by atoms with Gasteiger partial charge in [-0.05, 0) is 25.6 Å². The standard InChI is InChI=1S/C13H15F2N3O2/c1-3-9(16-2)12-18-17-11(20-12)8-6-4-5-7-10(8)19-13(14)15/h4-7,9,13,16H,3H2,1-2H3. The van der Waals surface area contributed by atoms with Gasteiger partial charge in [0.2, 0.25) is 5.89 Å². The highest BCUT2D eigenvalue weighted by atomic mass is 19.3. The Balaban J connectivity index is 2.32. The lowest BCUT2D eigenvalue weighted by atomic mass is 10.2. The molecule has 0 aliphatic carbocycles. The topological polar surface area (TPSA) is 60.2 Å². The smallest absolute Gasteiger partial charge is 0.387 e. The summed E-state index contributed by atoms with van der Waals surface area (Å²) < 4.78 is 34.7. The van der Waals surface area contributed by atoms with E-state index < -0.39 is 6.61 Å². The molecule has 0 radical (unpaired) electrons. The lowest BCUT2D eigenvalue weighted by Gasteiger charge is -2.08. The number of alkyl halides is 2. The van der Waals surface area contributed by atoms with Gasteiger partial charge in [-0.25, -0.2) is 0 Å². The molecule has 0 aliphatic heterocycles. The predicted molar refractivity (Wildman–Crippen MR) is 68.5 cm³/mol. The first-order valence-corrected chi connectivity index (χ1v) is 6.20. The number of benzene rings is 1. The second kappa shape index (κ2) is 6.42. The summed E-state index contributed by atoms with van der Waals surface area (Å²) >= 11 is 0. The highest BCUT2D eigenvalue weighted by Crippen LogP contribution is 2.31. The molecule has 0 aliphatic rings. The summed E-state index contributed by atoms with van der Waals surface area (Å²) in [6.07, 6.45) is 0.771. The third-order valence-electron chi connectivity index (χ3n) is 2.83. The van der Waals surface area contributed by atoms with Gasteiger partial charge in [0, 0.05) is 0 Å². The number of hydrogen-bond donors (Lipinski definition) is 1. The molecule has 0 amide bonds. The van der Waals surface area contributed by atoms with Gasteiger partial charge >= 0.3 is 6.61 Å². The molecule has 5 nitrogen and oxygen atoms in total. The molecule has 7 heteroatoms. The largest absolute Gasteiger partial charge is 0.434 e. The van der Waals surface area contributed by atoms with Crippen LogP contribution in [0.4, 0.5) is 8.78 Å². The Morgan fingerprint density at radius 1 is 1.30 bits per heavy atom. The van der Waals surface area contributed by atoms with Crippen molar-refractivity contribution in [2.45, 2.75) is 26.0 Å². The zero-order valence-electron chi connectivity index (χ0n) is 11.1. The summed E-state index contributed by atoms with van der Waals surface area (Å²) in [5, 5.41) is 10.9. The minimum Gasteiger partial charge on any atom is -0.434 e. The monoisotopic (exact) mass is 283 g/mol. The number of nitrogens with one attached hydrogen (secondary N) is 1. The molecule has 20 heavy (non-hydrogen) atoms. The van der Waals surface area contributed by atoms with Crippen LogP contribution in [0.5, 0.6) is 5.75 Å². The van der Waals surface area contributed by atoms with E-state index in [1.807, 2.05) is 6.92 Å². The van der Waals surface area contributed by atoms with Crippen molar-refractivity contribution in [2.75, 3.05) is 7.05 Å². The fourth-order valence-electron chi connectivity index (χ4n) is 1.83. The quantitative estimate of drug-likeness (QED) is 0.883. The van der Waals surface area contributed by atoms with Crippen LogP contribution < -0.4 is 10.1 Å². The Morgan fingerprint density at radius 2 is 2.05 bits per heavy atom. The molecule has 0 spiro atoms. The first-order chi connectivity index (χ1) is 9.65. The molecule has 1 atom stereocenters. The van der Waals surface area contributed by atoms with Crippen LogP contribution in [0, 0.1) is 0 Å². The summed E-state index contributed by atoms with van der Waals surface area (Å²) in [4.78, 5) is 0. The van der Waals surface area contributed by atoms with Crippen LogP contribution in [0.2, 0.25) is 0 Å². The van der Waals surface area contributed by atoms with E-state index >= 15 is 0 Å². The maximum Gasteiger partial charge on any atom is 0.387 e. The summed E-state index contributed by atoms with van der Waals surface area (Å²) in [6, 6.07) is 6.24. The van der Waals surface area contributed by atoms with Gasteiger partial charge in [0.25, 0.3) is 5.89 Å². The fraction of sp³-hybridized carbons (Fsp3) is 0.385. The first-order valence-electron chi connectivity index (χ1n) is 6.20. The number of nitrogens with zero attached hydrogens (tertiary/aromatic N) is 2. The minimum atomic E-state index is -2.90. The van der Waals surface area contributed by atoms with E-state index in [4.69, 9.17) is 4.42 Å². The number of rotatable bonds is 6. The van der Waals surface area contributed by atoms with E-state index in [9.17, 15) is 8.78 Å². The molecule has 108 valence electrons. The molecule has 1 unspecified atom stereocenters. The number of ether oxygens (including phenoxy) is 1. The lowest BCUT2D eigenvalue weighted by molar-refractivity contribution is -0.0495. The van der Waals surface area contributed by atoms with Gasteiger partial charge in [0.15, 0.2) is 0 Å². The van der Waals surface area contributed by atoms with Crippen LogP contribution in [-0.2, 0) is 0 Å². The van der Waals surface area contributed by atoms with Gasteiger partial charge in [0.1, 0.15) is 5.75 Å². The van der Waals surface area contributed by atoms with E-state index in [1.165, 1.54) is 6.07 Å². The summed E-state index contributed by atoms with van der Waals surface area (Å²) in [6.45, 7) is -0.932. The maximum atomic E-state index is 12.4. The molecule has 1 aromatic carbocycles. The highest BCUT2D eigenvalue weighted by molar-refractivity contribution is 5.62. The normalized spacial score (nSPS) is 12.7. The summed E-state index contributed by atoms with van der Waals surface area (Å²) in [5.41, 5.74) is 0.345. The average molecular weight is 283 g/mol. The Morgan fingerprint density at radius 3 is 2.70 bits per heavy atom. The molecule has 2 aromatic rings. The van der Waals surface area contributed by atoms with E-state index in [-0.39, 0.29) is 17.7 Å². The van der Waals surface area contributed by atoms with Crippen molar-refractivity contribution in [1.29, 1.82) is 0 Å². The van der Waals surface area contributed by atoms with Crippen molar-refractivity contribution >= 4 is 0 Å².